The molecule has 0 amide bonds. The molecule has 3 N–H and O–H groups in total. The zero-order chi connectivity index (χ0) is 17.8. The second kappa shape index (κ2) is 5.87. The van der Waals surface area contributed by atoms with Crippen LogP contribution in [0.4, 0.5) is 5.69 Å². The summed E-state index contributed by atoms with van der Waals surface area (Å²) < 4.78 is 2.04. The quantitative estimate of drug-likeness (QED) is 0.701. The monoisotopic (exact) mass is 384 g/mol. The van der Waals surface area contributed by atoms with Gasteiger partial charge in [-0.15, -0.1) is 22.7 Å². The molecular weight excluding hydrogens is 368 g/mol. The zero-order valence-electron chi connectivity index (χ0n) is 13.8. The Bertz CT molecular complexity index is 1150. The van der Waals surface area contributed by atoms with Gasteiger partial charge in [-0.1, -0.05) is 0 Å². The van der Waals surface area contributed by atoms with E-state index in [0.29, 0.717) is 12.8 Å². The normalized spacial score (nSPS) is 21.7. The van der Waals surface area contributed by atoms with Gasteiger partial charge < -0.3 is 10.0 Å². The molecule has 8 heteroatoms. The fourth-order valence-electron chi connectivity index (χ4n) is 3.67. The van der Waals surface area contributed by atoms with Gasteiger partial charge in [-0.2, -0.15) is 0 Å². The number of aromatic nitrogens is 1. The highest BCUT2D eigenvalue weighted by atomic mass is 32.1. The van der Waals surface area contributed by atoms with Crippen molar-refractivity contribution in [2.75, 3.05) is 4.90 Å². The van der Waals surface area contributed by atoms with Crippen molar-refractivity contribution in [2.24, 2.45) is 16.6 Å². The first-order valence-electron chi connectivity index (χ1n) is 8.40. The van der Waals surface area contributed by atoms with Crippen molar-refractivity contribution >= 4 is 50.7 Å². The number of benzene rings is 1. The summed E-state index contributed by atoms with van der Waals surface area (Å²) in [4.78, 5) is 23.4. The van der Waals surface area contributed by atoms with E-state index < -0.39 is 12.3 Å². The molecule has 0 saturated carbocycles. The van der Waals surface area contributed by atoms with Gasteiger partial charge in [-0.25, -0.2) is 9.98 Å². The summed E-state index contributed by atoms with van der Waals surface area (Å²) in [6.07, 6.45) is 3.64. The fourth-order valence-corrected chi connectivity index (χ4v) is 5.67. The Morgan fingerprint density at radius 2 is 2.27 bits per heavy atom. The zero-order valence-corrected chi connectivity index (χ0v) is 15.4. The van der Waals surface area contributed by atoms with E-state index in [2.05, 4.69) is 22.2 Å². The molecule has 0 radical (unpaired) electrons. The van der Waals surface area contributed by atoms with E-state index in [1.54, 1.807) is 22.7 Å². The minimum atomic E-state index is -0.709. The SMILES string of the molecule is NC1N=c2sc3c(c2=CN1c1ccc2ncsc2c1)CCC(C(=O)O)C3. The summed E-state index contributed by atoms with van der Waals surface area (Å²) in [5.74, 6) is -1.000. The van der Waals surface area contributed by atoms with E-state index in [4.69, 9.17) is 5.73 Å². The molecule has 0 bridgehead atoms. The van der Waals surface area contributed by atoms with Crippen LogP contribution < -0.4 is 20.5 Å². The lowest BCUT2D eigenvalue weighted by atomic mass is 9.88. The van der Waals surface area contributed by atoms with Crippen LogP contribution >= 0.6 is 22.7 Å². The molecule has 132 valence electrons. The molecule has 5 rings (SSSR count). The van der Waals surface area contributed by atoms with E-state index in [0.717, 1.165) is 37.1 Å². The number of thiazole rings is 1. The van der Waals surface area contributed by atoms with Gasteiger partial charge in [0.05, 0.1) is 21.6 Å². The first-order chi connectivity index (χ1) is 12.6. The van der Waals surface area contributed by atoms with Crippen molar-refractivity contribution in [3.63, 3.8) is 0 Å². The predicted molar refractivity (Wildman–Crippen MR) is 103 cm³/mol. The Labute approximate surface area is 156 Å². The van der Waals surface area contributed by atoms with Gasteiger partial charge in [0.2, 0.25) is 0 Å². The summed E-state index contributed by atoms with van der Waals surface area (Å²) in [6, 6.07) is 6.10. The minimum absolute atomic E-state index is 0.291. The molecule has 3 aromatic rings. The molecule has 2 aromatic heterocycles. The van der Waals surface area contributed by atoms with Crippen LogP contribution in [0.15, 0.2) is 28.7 Å². The van der Waals surface area contributed by atoms with Crippen molar-refractivity contribution in [2.45, 2.75) is 25.6 Å². The van der Waals surface area contributed by atoms with Gasteiger partial charge in [0.15, 0.2) is 6.29 Å². The van der Waals surface area contributed by atoms with Gasteiger partial charge in [0.25, 0.3) is 0 Å². The number of anilines is 1. The number of rotatable bonds is 2. The summed E-state index contributed by atoms with van der Waals surface area (Å²) in [5.41, 5.74) is 11.4. The number of nitrogens with zero attached hydrogens (tertiary/aromatic N) is 3. The largest absolute Gasteiger partial charge is 0.481 e. The predicted octanol–water partition coefficient (Wildman–Crippen LogP) is 1.67. The number of carboxylic acids is 1. The molecule has 0 fully saturated rings. The highest BCUT2D eigenvalue weighted by Gasteiger charge is 2.28. The molecule has 0 spiro atoms. The average molecular weight is 384 g/mol. The lowest BCUT2D eigenvalue weighted by Gasteiger charge is -2.26. The Morgan fingerprint density at radius 1 is 1.38 bits per heavy atom. The average Bonchev–Trinajstić information content (AvgIpc) is 3.23. The van der Waals surface area contributed by atoms with Crippen molar-refractivity contribution in [3.05, 3.63) is 44.0 Å². The van der Waals surface area contributed by atoms with Crippen molar-refractivity contribution in [3.8, 4) is 0 Å². The van der Waals surface area contributed by atoms with E-state index in [9.17, 15) is 9.90 Å². The molecular formula is C18H16N4O2S2. The van der Waals surface area contributed by atoms with Crippen molar-refractivity contribution in [1.82, 2.24) is 4.98 Å². The maximum atomic E-state index is 11.3. The summed E-state index contributed by atoms with van der Waals surface area (Å²) in [5, 5.41) is 10.4. The third-order valence-corrected chi connectivity index (χ3v) is 7.02. The van der Waals surface area contributed by atoms with Gasteiger partial charge in [0, 0.05) is 22.0 Å². The van der Waals surface area contributed by atoms with Crippen LogP contribution in [-0.2, 0) is 17.6 Å². The van der Waals surface area contributed by atoms with E-state index in [-0.39, 0.29) is 5.92 Å². The van der Waals surface area contributed by atoms with Crippen molar-refractivity contribution in [1.29, 1.82) is 0 Å². The van der Waals surface area contributed by atoms with Crippen molar-refractivity contribution < 1.29 is 9.90 Å². The molecule has 1 aliphatic carbocycles. The van der Waals surface area contributed by atoms with Crippen LogP contribution in [-0.4, -0.2) is 22.3 Å². The van der Waals surface area contributed by atoms with Crippen LogP contribution in [0.1, 0.15) is 16.9 Å². The smallest absolute Gasteiger partial charge is 0.306 e. The molecule has 1 aliphatic heterocycles. The lowest BCUT2D eigenvalue weighted by molar-refractivity contribution is -0.142. The highest BCUT2D eigenvalue weighted by Crippen LogP contribution is 2.28. The van der Waals surface area contributed by atoms with E-state index in [1.165, 1.54) is 5.56 Å². The number of hydrogen-bond acceptors (Lipinski definition) is 7. The molecule has 2 unspecified atom stereocenters. The Kier molecular flexibility index (Phi) is 3.59. The molecule has 0 saturated heterocycles. The highest BCUT2D eigenvalue weighted by molar-refractivity contribution is 7.16. The first-order valence-corrected chi connectivity index (χ1v) is 10.1. The second-order valence-electron chi connectivity index (χ2n) is 6.58. The van der Waals surface area contributed by atoms with Gasteiger partial charge in [0.1, 0.15) is 4.67 Å². The standard InChI is InChI=1S/C18H16N4O2S2/c19-18-21-16-12(11-3-1-9(17(23)24)5-14(11)26-16)7-22(18)10-2-4-13-15(6-10)25-8-20-13/h2,4,6-9,18H,1,3,5,19H2,(H,23,24). The molecule has 6 nitrogen and oxygen atoms in total. The Morgan fingerprint density at radius 3 is 3.12 bits per heavy atom. The number of hydrogen-bond donors (Lipinski definition) is 2. The molecule has 1 aromatic carbocycles. The van der Waals surface area contributed by atoms with Crippen LogP contribution in [0.5, 0.6) is 0 Å². The maximum Gasteiger partial charge on any atom is 0.306 e. The number of carboxylic acid groups (broad SMARTS) is 1. The minimum Gasteiger partial charge on any atom is -0.481 e. The van der Waals surface area contributed by atoms with Gasteiger partial charge in [-0.3, -0.25) is 10.5 Å². The van der Waals surface area contributed by atoms with Crippen LogP contribution in [0.25, 0.3) is 16.4 Å². The fraction of sp³-hybridized carbons (Fsp3) is 0.278. The van der Waals surface area contributed by atoms with Gasteiger partial charge >= 0.3 is 5.97 Å². The summed E-state index contributed by atoms with van der Waals surface area (Å²) >= 11 is 3.19. The van der Waals surface area contributed by atoms with Crippen LogP contribution in [0, 0.1) is 5.92 Å². The second-order valence-corrected chi connectivity index (χ2v) is 8.55. The summed E-state index contributed by atoms with van der Waals surface area (Å²) in [7, 11) is 0. The third-order valence-electron chi connectivity index (χ3n) is 5.05. The third kappa shape index (κ3) is 2.45. The van der Waals surface area contributed by atoms with Gasteiger partial charge in [-0.05, 0) is 43.0 Å². The number of fused-ring (bicyclic) bond motifs is 4. The number of carbonyl (C=O) groups is 1. The lowest BCUT2D eigenvalue weighted by Crippen LogP contribution is -2.46. The number of thiophene rings is 1. The number of aliphatic carboxylic acids is 1. The van der Waals surface area contributed by atoms with E-state index in [1.807, 2.05) is 22.5 Å². The molecule has 26 heavy (non-hydrogen) atoms. The number of nitrogens with two attached hydrogens (primary N) is 1. The topological polar surface area (TPSA) is 91.8 Å². The Balaban J connectivity index is 1.60. The molecule has 3 heterocycles. The van der Waals surface area contributed by atoms with Crippen LogP contribution in [0.3, 0.4) is 0 Å². The Hall–Kier alpha value is -2.29. The molecule has 2 atom stereocenters. The maximum absolute atomic E-state index is 11.3. The van der Waals surface area contributed by atoms with Crippen LogP contribution in [0.2, 0.25) is 0 Å². The molecule has 2 aliphatic rings. The van der Waals surface area contributed by atoms with E-state index >= 15 is 0 Å². The summed E-state index contributed by atoms with van der Waals surface area (Å²) in [6.45, 7) is 0. The first kappa shape index (κ1) is 15.9.